The third-order valence-corrected chi connectivity index (χ3v) is 8.38. The molecule has 4 rings (SSSR count). The quantitative estimate of drug-likeness (QED) is 0.535. The average molecular weight is 471 g/mol. The van der Waals surface area contributed by atoms with Crippen molar-refractivity contribution in [3.05, 3.63) is 66.0 Å². The van der Waals surface area contributed by atoms with Gasteiger partial charge in [-0.3, -0.25) is 4.79 Å². The number of nitrogens with one attached hydrogen (secondary N) is 1. The molecule has 0 aliphatic carbocycles. The highest BCUT2D eigenvalue weighted by molar-refractivity contribution is 7.89. The summed E-state index contributed by atoms with van der Waals surface area (Å²) >= 11 is 1.62. The molecule has 2 aromatic carbocycles. The highest BCUT2D eigenvalue weighted by Crippen LogP contribution is 2.32. The zero-order valence-electron chi connectivity index (χ0n) is 17.9. The molecule has 0 saturated carbocycles. The molecule has 2 heterocycles. The Bertz CT molecular complexity index is 1150. The number of carbonyl (C=O) groups excluding carboxylic acids is 1. The van der Waals surface area contributed by atoms with Crippen molar-refractivity contribution in [2.75, 3.05) is 25.0 Å². The molecule has 32 heavy (non-hydrogen) atoms. The number of thiophene rings is 1. The molecule has 1 aliphatic heterocycles. The molecule has 1 N–H and O–H groups in total. The Balaban J connectivity index is 1.39. The molecule has 0 unspecified atom stereocenters. The molecule has 0 atom stereocenters. The zero-order chi connectivity index (χ0) is 22.6. The van der Waals surface area contributed by atoms with E-state index in [-0.39, 0.29) is 16.7 Å². The van der Waals surface area contributed by atoms with Gasteiger partial charge in [0.2, 0.25) is 15.9 Å². The van der Waals surface area contributed by atoms with Crippen molar-refractivity contribution in [1.82, 2.24) is 4.31 Å². The lowest BCUT2D eigenvalue weighted by atomic mass is 9.97. The molecular weight excluding hydrogens is 444 g/mol. The maximum absolute atomic E-state index is 13.0. The first-order chi connectivity index (χ1) is 15.5. The number of ether oxygens (including phenoxy) is 1. The van der Waals surface area contributed by atoms with Crippen LogP contribution in [0.4, 0.5) is 5.69 Å². The predicted molar refractivity (Wildman–Crippen MR) is 127 cm³/mol. The van der Waals surface area contributed by atoms with Crippen LogP contribution in [0.5, 0.6) is 5.75 Å². The van der Waals surface area contributed by atoms with Crippen molar-refractivity contribution in [3.63, 3.8) is 0 Å². The second-order valence-corrected chi connectivity index (χ2v) is 10.5. The number of amides is 1. The van der Waals surface area contributed by atoms with Crippen molar-refractivity contribution < 1.29 is 17.9 Å². The monoisotopic (exact) mass is 470 g/mol. The van der Waals surface area contributed by atoms with Gasteiger partial charge in [0, 0.05) is 35.1 Å². The summed E-state index contributed by atoms with van der Waals surface area (Å²) in [4.78, 5) is 14.3. The second kappa shape index (κ2) is 9.85. The molecule has 1 aromatic heterocycles. The molecule has 3 aromatic rings. The molecule has 168 valence electrons. The van der Waals surface area contributed by atoms with E-state index < -0.39 is 10.0 Å². The number of para-hydroxylation sites is 1. The Morgan fingerprint density at radius 2 is 1.78 bits per heavy atom. The van der Waals surface area contributed by atoms with Gasteiger partial charge in [0.05, 0.1) is 11.5 Å². The van der Waals surface area contributed by atoms with Crippen LogP contribution in [0.2, 0.25) is 0 Å². The minimum atomic E-state index is -3.59. The van der Waals surface area contributed by atoms with E-state index in [1.807, 2.05) is 48.7 Å². The van der Waals surface area contributed by atoms with E-state index in [2.05, 4.69) is 5.32 Å². The molecule has 0 radical (unpaired) electrons. The topological polar surface area (TPSA) is 75.7 Å². The summed E-state index contributed by atoms with van der Waals surface area (Å²) in [6.07, 6.45) is 0.979. The van der Waals surface area contributed by atoms with E-state index in [1.165, 1.54) is 4.31 Å². The smallest absolute Gasteiger partial charge is 0.243 e. The first kappa shape index (κ1) is 22.5. The van der Waals surface area contributed by atoms with Gasteiger partial charge in [-0.2, -0.15) is 4.31 Å². The van der Waals surface area contributed by atoms with Gasteiger partial charge >= 0.3 is 0 Å². The van der Waals surface area contributed by atoms with Crippen LogP contribution >= 0.6 is 11.3 Å². The molecule has 1 fully saturated rings. The molecular formula is C24H26N2O4S2. The van der Waals surface area contributed by atoms with Gasteiger partial charge in [-0.25, -0.2) is 8.42 Å². The van der Waals surface area contributed by atoms with Gasteiger partial charge < -0.3 is 10.1 Å². The van der Waals surface area contributed by atoms with Crippen molar-refractivity contribution >= 4 is 33.0 Å². The van der Waals surface area contributed by atoms with E-state index in [4.69, 9.17) is 4.74 Å². The van der Waals surface area contributed by atoms with Gasteiger partial charge in [-0.15, -0.1) is 11.3 Å². The second-order valence-electron chi connectivity index (χ2n) is 7.59. The van der Waals surface area contributed by atoms with Crippen LogP contribution in [0.1, 0.15) is 19.8 Å². The van der Waals surface area contributed by atoms with Crippen molar-refractivity contribution in [2.24, 2.45) is 5.92 Å². The van der Waals surface area contributed by atoms with E-state index >= 15 is 0 Å². The van der Waals surface area contributed by atoms with Crippen LogP contribution in [0.15, 0.2) is 70.9 Å². The number of rotatable bonds is 7. The predicted octanol–water partition coefficient (Wildman–Crippen LogP) is 4.85. The summed E-state index contributed by atoms with van der Waals surface area (Å²) in [6.45, 7) is 3.05. The van der Waals surface area contributed by atoms with Gasteiger partial charge in [-0.05, 0) is 61.5 Å². The molecule has 8 heteroatoms. The zero-order valence-corrected chi connectivity index (χ0v) is 19.5. The summed E-state index contributed by atoms with van der Waals surface area (Å²) < 4.78 is 32.8. The number of hydrogen-bond donors (Lipinski definition) is 1. The fraction of sp³-hybridized carbons (Fsp3) is 0.292. The highest BCUT2D eigenvalue weighted by Gasteiger charge is 2.32. The number of carbonyl (C=O) groups is 1. The SMILES string of the molecule is CCOc1ccc(S(=O)(=O)N2CCC(C(=O)Nc3ccccc3-c3cccs3)CC2)cc1. The van der Waals surface area contributed by atoms with Crippen LogP contribution in [0.3, 0.4) is 0 Å². The average Bonchev–Trinajstić information content (AvgIpc) is 3.35. The number of anilines is 1. The van der Waals surface area contributed by atoms with Crippen LogP contribution < -0.4 is 10.1 Å². The van der Waals surface area contributed by atoms with Gasteiger partial charge in [-0.1, -0.05) is 24.3 Å². The van der Waals surface area contributed by atoms with Crippen LogP contribution in [-0.4, -0.2) is 38.3 Å². The molecule has 0 bridgehead atoms. The van der Waals surface area contributed by atoms with Crippen molar-refractivity contribution in [3.8, 4) is 16.2 Å². The van der Waals surface area contributed by atoms with Crippen LogP contribution in [0, 0.1) is 5.92 Å². The van der Waals surface area contributed by atoms with Crippen molar-refractivity contribution in [2.45, 2.75) is 24.7 Å². The normalized spacial score (nSPS) is 15.4. The van der Waals surface area contributed by atoms with E-state index in [0.29, 0.717) is 38.3 Å². The number of sulfonamides is 1. The third kappa shape index (κ3) is 4.87. The number of piperidine rings is 1. The molecule has 1 aliphatic rings. The fourth-order valence-corrected chi connectivity index (χ4v) is 6.09. The number of benzene rings is 2. The largest absolute Gasteiger partial charge is 0.494 e. The van der Waals surface area contributed by atoms with E-state index in [9.17, 15) is 13.2 Å². The van der Waals surface area contributed by atoms with E-state index in [1.54, 1.807) is 35.6 Å². The fourth-order valence-electron chi connectivity index (χ4n) is 3.86. The van der Waals surface area contributed by atoms with Gasteiger partial charge in [0.15, 0.2) is 0 Å². The maximum Gasteiger partial charge on any atom is 0.243 e. The Morgan fingerprint density at radius 1 is 1.06 bits per heavy atom. The van der Waals surface area contributed by atoms with Crippen molar-refractivity contribution in [1.29, 1.82) is 0 Å². The summed E-state index contributed by atoms with van der Waals surface area (Å²) in [7, 11) is -3.59. The molecule has 6 nitrogen and oxygen atoms in total. The Labute approximate surface area is 192 Å². The summed E-state index contributed by atoms with van der Waals surface area (Å²) in [6, 6.07) is 18.2. The highest BCUT2D eigenvalue weighted by atomic mass is 32.2. The van der Waals surface area contributed by atoms with Gasteiger partial charge in [0.1, 0.15) is 5.75 Å². The molecule has 0 spiro atoms. The van der Waals surface area contributed by atoms with E-state index in [0.717, 1.165) is 16.1 Å². The standard InChI is InChI=1S/C24H26N2O4S2/c1-2-30-19-9-11-20(12-10-19)32(28,29)26-15-13-18(14-16-26)24(27)25-22-7-4-3-6-21(22)23-8-5-17-31-23/h3-12,17-18H,2,13-16H2,1H3,(H,25,27). The summed E-state index contributed by atoms with van der Waals surface area (Å²) in [5.41, 5.74) is 1.77. The Kier molecular flexibility index (Phi) is 6.93. The number of nitrogens with zero attached hydrogens (tertiary/aromatic N) is 1. The summed E-state index contributed by atoms with van der Waals surface area (Å²) in [5.74, 6) is 0.356. The lowest BCUT2D eigenvalue weighted by Crippen LogP contribution is -2.41. The first-order valence-corrected chi connectivity index (χ1v) is 13.0. The Hall–Kier alpha value is -2.68. The van der Waals surface area contributed by atoms with Crippen LogP contribution in [-0.2, 0) is 14.8 Å². The van der Waals surface area contributed by atoms with Gasteiger partial charge in [0.25, 0.3) is 0 Å². The first-order valence-electron chi connectivity index (χ1n) is 10.7. The maximum atomic E-state index is 13.0. The lowest BCUT2D eigenvalue weighted by Gasteiger charge is -2.30. The number of hydrogen-bond acceptors (Lipinski definition) is 5. The van der Waals surface area contributed by atoms with Crippen LogP contribution in [0.25, 0.3) is 10.4 Å². The molecule has 1 saturated heterocycles. The third-order valence-electron chi connectivity index (χ3n) is 5.57. The molecule has 1 amide bonds. The summed E-state index contributed by atoms with van der Waals surface area (Å²) in [5, 5.41) is 5.07. The Morgan fingerprint density at radius 3 is 2.44 bits per heavy atom. The lowest BCUT2D eigenvalue weighted by molar-refractivity contribution is -0.120. The minimum absolute atomic E-state index is 0.0629. The minimum Gasteiger partial charge on any atom is -0.494 e.